The molecule has 1 aliphatic rings. The predicted molar refractivity (Wildman–Crippen MR) is 89.8 cm³/mol. The number of hydrogen-bond donors (Lipinski definition) is 1. The molecule has 0 radical (unpaired) electrons. The third kappa shape index (κ3) is 3.67. The largest absolute Gasteiger partial charge is 0.340 e. The smallest absolute Gasteiger partial charge is 0.243 e. The Morgan fingerprint density at radius 3 is 2.79 bits per heavy atom. The van der Waals surface area contributed by atoms with E-state index in [4.69, 9.17) is 0 Å². The van der Waals surface area contributed by atoms with Crippen LogP contribution in [0.5, 0.6) is 0 Å². The lowest BCUT2D eigenvalue weighted by atomic mass is 10.3. The second kappa shape index (κ2) is 6.91. The molecule has 0 unspecified atom stereocenters. The van der Waals surface area contributed by atoms with E-state index in [1.54, 1.807) is 16.8 Å². The average molecular weight is 349 g/mol. The highest BCUT2D eigenvalue weighted by atomic mass is 32.1. The summed E-state index contributed by atoms with van der Waals surface area (Å²) in [5, 5.41) is 11.9. The molecule has 0 bridgehead atoms. The van der Waals surface area contributed by atoms with Gasteiger partial charge in [-0.05, 0) is 30.7 Å². The number of nitrogens with zero attached hydrogens (tertiary/aromatic N) is 4. The number of likely N-dealkylation sites (N-methyl/N-ethyl adjacent to an activating group) is 1. The van der Waals surface area contributed by atoms with Gasteiger partial charge >= 0.3 is 0 Å². The molecule has 2 amide bonds. The van der Waals surface area contributed by atoms with Crippen molar-refractivity contribution >= 4 is 39.1 Å². The molecule has 7 nitrogen and oxygen atoms in total. The fraction of sp³-hybridized carbons (Fsp3) is 0.333. The summed E-state index contributed by atoms with van der Waals surface area (Å²) in [5.74, 6) is -0.560. The third-order valence-electron chi connectivity index (χ3n) is 3.54. The first-order valence-electron chi connectivity index (χ1n) is 7.43. The van der Waals surface area contributed by atoms with Crippen molar-refractivity contribution in [2.45, 2.75) is 12.8 Å². The van der Waals surface area contributed by atoms with E-state index in [9.17, 15) is 14.0 Å². The summed E-state index contributed by atoms with van der Waals surface area (Å²) in [7, 11) is 1.72. The molecule has 2 aromatic rings. The number of aromatic nitrogens is 2. The van der Waals surface area contributed by atoms with E-state index in [0.29, 0.717) is 28.9 Å². The lowest BCUT2D eigenvalue weighted by Gasteiger charge is -2.15. The van der Waals surface area contributed by atoms with E-state index < -0.39 is 0 Å². The second-order valence-electron chi connectivity index (χ2n) is 5.43. The monoisotopic (exact) mass is 349 g/mol. The van der Waals surface area contributed by atoms with Crippen molar-refractivity contribution in [2.75, 3.05) is 35.3 Å². The molecule has 1 N–H and O–H groups in total. The van der Waals surface area contributed by atoms with Gasteiger partial charge in [0.15, 0.2) is 0 Å². The van der Waals surface area contributed by atoms with Crippen LogP contribution in [0.1, 0.15) is 12.8 Å². The van der Waals surface area contributed by atoms with Crippen LogP contribution in [-0.4, -0.2) is 42.1 Å². The summed E-state index contributed by atoms with van der Waals surface area (Å²) in [4.78, 5) is 27.0. The molecule has 0 saturated carbocycles. The first kappa shape index (κ1) is 16.3. The summed E-state index contributed by atoms with van der Waals surface area (Å²) in [6, 6.07) is 5.55. The van der Waals surface area contributed by atoms with Gasteiger partial charge in [0, 0.05) is 25.7 Å². The van der Waals surface area contributed by atoms with E-state index in [1.165, 1.54) is 35.6 Å². The number of amides is 2. The normalized spacial score (nSPS) is 14.1. The molecule has 1 aromatic heterocycles. The van der Waals surface area contributed by atoms with Gasteiger partial charge < -0.3 is 10.2 Å². The zero-order chi connectivity index (χ0) is 17.1. The summed E-state index contributed by atoms with van der Waals surface area (Å²) < 4.78 is 12.9. The first-order valence-corrected chi connectivity index (χ1v) is 8.25. The van der Waals surface area contributed by atoms with Gasteiger partial charge in [-0.1, -0.05) is 11.3 Å². The highest BCUT2D eigenvalue weighted by molar-refractivity contribution is 7.19. The SMILES string of the molecule is CN(CC(=O)Nc1ccc(F)cc1)c1nnc(N2CCCC2=O)s1. The molecular weight excluding hydrogens is 333 g/mol. The summed E-state index contributed by atoms with van der Waals surface area (Å²) in [6.07, 6.45) is 1.36. The van der Waals surface area contributed by atoms with Crippen molar-refractivity contribution in [3.05, 3.63) is 30.1 Å². The maximum atomic E-state index is 12.9. The molecule has 1 aliphatic heterocycles. The van der Waals surface area contributed by atoms with Gasteiger partial charge in [0.05, 0.1) is 6.54 Å². The van der Waals surface area contributed by atoms with Crippen LogP contribution >= 0.6 is 11.3 Å². The molecule has 0 aliphatic carbocycles. The van der Waals surface area contributed by atoms with E-state index >= 15 is 0 Å². The Hall–Kier alpha value is -2.55. The maximum Gasteiger partial charge on any atom is 0.243 e. The Balaban J connectivity index is 1.59. The highest BCUT2D eigenvalue weighted by Gasteiger charge is 2.25. The number of carbonyl (C=O) groups is 2. The summed E-state index contributed by atoms with van der Waals surface area (Å²) in [5.41, 5.74) is 0.524. The van der Waals surface area contributed by atoms with Gasteiger partial charge in [-0.2, -0.15) is 0 Å². The van der Waals surface area contributed by atoms with Crippen molar-refractivity contribution in [1.29, 1.82) is 0 Å². The molecule has 1 saturated heterocycles. The van der Waals surface area contributed by atoms with Crippen molar-refractivity contribution in [3.8, 4) is 0 Å². The molecular formula is C15H16FN5O2S. The molecule has 1 aromatic carbocycles. The van der Waals surface area contributed by atoms with Gasteiger partial charge in [-0.3, -0.25) is 14.5 Å². The van der Waals surface area contributed by atoms with Crippen molar-refractivity contribution in [3.63, 3.8) is 0 Å². The Kier molecular flexibility index (Phi) is 4.70. The summed E-state index contributed by atoms with van der Waals surface area (Å²) in [6.45, 7) is 0.724. The van der Waals surface area contributed by atoms with Crippen molar-refractivity contribution in [1.82, 2.24) is 10.2 Å². The Morgan fingerprint density at radius 1 is 1.38 bits per heavy atom. The number of anilines is 3. The minimum Gasteiger partial charge on any atom is -0.340 e. The quantitative estimate of drug-likeness (QED) is 0.892. The third-order valence-corrected chi connectivity index (χ3v) is 4.60. The number of hydrogen-bond acceptors (Lipinski definition) is 6. The van der Waals surface area contributed by atoms with Crippen molar-refractivity contribution in [2.24, 2.45) is 0 Å². The molecule has 126 valence electrons. The van der Waals surface area contributed by atoms with Crippen LogP contribution in [0, 0.1) is 5.82 Å². The Bertz CT molecular complexity index is 749. The minimum absolute atomic E-state index is 0.0504. The zero-order valence-electron chi connectivity index (χ0n) is 13.0. The highest BCUT2D eigenvalue weighted by Crippen LogP contribution is 2.29. The summed E-state index contributed by atoms with van der Waals surface area (Å²) >= 11 is 1.27. The first-order chi connectivity index (χ1) is 11.5. The van der Waals surface area contributed by atoms with E-state index in [1.807, 2.05) is 0 Å². The van der Waals surface area contributed by atoms with Gasteiger partial charge in [0.1, 0.15) is 5.82 Å². The van der Waals surface area contributed by atoms with Gasteiger partial charge in [0.2, 0.25) is 22.1 Å². The van der Waals surface area contributed by atoms with Crippen LogP contribution < -0.4 is 15.1 Å². The van der Waals surface area contributed by atoms with Crippen LogP contribution in [0.2, 0.25) is 0 Å². The van der Waals surface area contributed by atoms with Crippen LogP contribution in [0.25, 0.3) is 0 Å². The molecule has 24 heavy (non-hydrogen) atoms. The zero-order valence-corrected chi connectivity index (χ0v) is 13.8. The fourth-order valence-corrected chi connectivity index (χ4v) is 3.19. The molecule has 1 fully saturated rings. The van der Waals surface area contributed by atoms with Crippen LogP contribution in [-0.2, 0) is 9.59 Å². The number of rotatable bonds is 5. The van der Waals surface area contributed by atoms with Crippen LogP contribution in [0.15, 0.2) is 24.3 Å². The number of halogens is 1. The van der Waals surface area contributed by atoms with E-state index in [2.05, 4.69) is 15.5 Å². The van der Waals surface area contributed by atoms with Gasteiger partial charge in [-0.15, -0.1) is 10.2 Å². The number of benzene rings is 1. The standard InChI is InChI=1S/C15H16FN5O2S/c1-20(9-12(22)17-11-6-4-10(16)5-7-11)14-18-19-15(24-14)21-8-2-3-13(21)23/h4-7H,2-3,8-9H2,1H3,(H,17,22). The lowest BCUT2D eigenvalue weighted by molar-refractivity contribution is -0.117. The molecule has 0 atom stereocenters. The van der Waals surface area contributed by atoms with Gasteiger partial charge in [0.25, 0.3) is 0 Å². The Labute approximate surface area is 142 Å². The topological polar surface area (TPSA) is 78.4 Å². The number of nitrogens with one attached hydrogen (secondary N) is 1. The second-order valence-corrected chi connectivity index (χ2v) is 6.36. The van der Waals surface area contributed by atoms with Gasteiger partial charge in [-0.25, -0.2) is 4.39 Å². The molecule has 0 spiro atoms. The minimum atomic E-state index is -0.358. The Morgan fingerprint density at radius 2 is 2.12 bits per heavy atom. The maximum absolute atomic E-state index is 12.9. The van der Waals surface area contributed by atoms with Crippen LogP contribution in [0.3, 0.4) is 0 Å². The predicted octanol–water partition coefficient (Wildman–Crippen LogP) is 1.88. The van der Waals surface area contributed by atoms with E-state index in [0.717, 1.165) is 6.42 Å². The van der Waals surface area contributed by atoms with Crippen LogP contribution in [0.4, 0.5) is 20.3 Å². The molecule has 2 heterocycles. The molecule has 3 rings (SSSR count). The van der Waals surface area contributed by atoms with E-state index in [-0.39, 0.29) is 24.2 Å². The lowest BCUT2D eigenvalue weighted by Crippen LogP contribution is -2.30. The average Bonchev–Trinajstić information content (AvgIpc) is 3.18. The number of carbonyl (C=O) groups excluding carboxylic acids is 2. The molecule has 9 heteroatoms. The van der Waals surface area contributed by atoms with Crippen molar-refractivity contribution < 1.29 is 14.0 Å². The fourth-order valence-electron chi connectivity index (χ4n) is 2.34.